The van der Waals surface area contributed by atoms with Crippen molar-refractivity contribution in [3.05, 3.63) is 50.9 Å². The van der Waals surface area contributed by atoms with Crippen LogP contribution in [0.3, 0.4) is 0 Å². The van der Waals surface area contributed by atoms with E-state index in [2.05, 4.69) is 36.0 Å². The number of hydrogen-bond acceptors (Lipinski definition) is 10. The Labute approximate surface area is 187 Å². The molecule has 5 rings (SSSR count). The average molecular weight is 459 g/mol. The molecule has 0 bridgehead atoms. The van der Waals surface area contributed by atoms with Crippen molar-refractivity contribution in [2.24, 2.45) is 0 Å². The van der Waals surface area contributed by atoms with Gasteiger partial charge in [0.15, 0.2) is 15.8 Å². The van der Waals surface area contributed by atoms with Crippen LogP contribution in [-0.4, -0.2) is 58.0 Å². The second-order valence-corrected chi connectivity index (χ2v) is 9.79. The molecule has 0 unspecified atom stereocenters. The van der Waals surface area contributed by atoms with Gasteiger partial charge in [0.2, 0.25) is 12.7 Å². The Hall–Kier alpha value is -2.63. The van der Waals surface area contributed by atoms with Gasteiger partial charge in [0.25, 0.3) is 5.56 Å². The number of aryl methyl sites for hydroxylation is 1. The maximum atomic E-state index is 12.2. The van der Waals surface area contributed by atoms with Crippen LogP contribution >= 0.6 is 23.1 Å². The molecule has 1 N–H and O–H groups in total. The molecule has 1 saturated heterocycles. The predicted molar refractivity (Wildman–Crippen MR) is 119 cm³/mol. The van der Waals surface area contributed by atoms with E-state index in [9.17, 15) is 4.79 Å². The number of fused-ring (bicyclic) bond motifs is 1. The van der Waals surface area contributed by atoms with E-state index in [0.717, 1.165) is 59.3 Å². The van der Waals surface area contributed by atoms with Gasteiger partial charge in [0.05, 0.1) is 5.69 Å². The number of piperazine rings is 1. The van der Waals surface area contributed by atoms with Crippen molar-refractivity contribution in [2.75, 3.05) is 37.9 Å². The quantitative estimate of drug-likeness (QED) is 0.558. The first-order valence-corrected chi connectivity index (χ1v) is 11.8. The highest BCUT2D eigenvalue weighted by atomic mass is 32.2. The molecule has 2 aromatic heterocycles. The van der Waals surface area contributed by atoms with Crippen LogP contribution in [0.5, 0.6) is 11.5 Å². The van der Waals surface area contributed by atoms with Crippen LogP contribution in [0.1, 0.15) is 16.3 Å². The molecule has 2 aliphatic heterocycles. The van der Waals surface area contributed by atoms with Crippen molar-refractivity contribution < 1.29 is 9.47 Å². The van der Waals surface area contributed by atoms with E-state index < -0.39 is 0 Å². The van der Waals surface area contributed by atoms with Gasteiger partial charge in [-0.3, -0.25) is 14.7 Å². The standard InChI is InChI=1S/C20H22N6O3S2/c1-13-23-24-20(31-13)30-11-15-9-18(27)22-19(21-15)26-6-4-25(5-7-26)10-14-2-3-16-17(8-14)29-12-28-16/h2-3,8-9H,4-7,10-12H2,1H3,(H,21,22,27). The van der Waals surface area contributed by atoms with Crippen molar-refractivity contribution in [1.82, 2.24) is 25.1 Å². The molecule has 31 heavy (non-hydrogen) atoms. The summed E-state index contributed by atoms with van der Waals surface area (Å²) in [6, 6.07) is 7.66. The van der Waals surface area contributed by atoms with E-state index in [1.165, 1.54) is 5.56 Å². The molecule has 1 fully saturated rings. The van der Waals surface area contributed by atoms with E-state index >= 15 is 0 Å². The van der Waals surface area contributed by atoms with Crippen LogP contribution in [0.4, 0.5) is 5.95 Å². The Morgan fingerprint density at radius 1 is 1.13 bits per heavy atom. The van der Waals surface area contributed by atoms with E-state index in [-0.39, 0.29) is 5.56 Å². The Balaban J connectivity index is 1.19. The summed E-state index contributed by atoms with van der Waals surface area (Å²) in [6.07, 6.45) is 0. The molecular formula is C20H22N6O3S2. The first kappa shape index (κ1) is 20.3. The largest absolute Gasteiger partial charge is 0.454 e. The lowest BCUT2D eigenvalue weighted by Crippen LogP contribution is -2.47. The Morgan fingerprint density at radius 3 is 2.77 bits per heavy atom. The van der Waals surface area contributed by atoms with Crippen molar-refractivity contribution >= 4 is 29.0 Å². The molecule has 2 aliphatic rings. The first-order valence-electron chi connectivity index (χ1n) is 10.0. The Bertz CT molecular complexity index is 1130. The summed E-state index contributed by atoms with van der Waals surface area (Å²) in [5.41, 5.74) is 1.83. The van der Waals surface area contributed by atoms with Gasteiger partial charge in [-0.25, -0.2) is 4.98 Å². The maximum Gasteiger partial charge on any atom is 0.252 e. The molecule has 0 atom stereocenters. The number of thioether (sulfide) groups is 1. The average Bonchev–Trinajstić information content (AvgIpc) is 3.40. The molecule has 0 aliphatic carbocycles. The summed E-state index contributed by atoms with van der Waals surface area (Å²) in [7, 11) is 0. The minimum atomic E-state index is -0.128. The summed E-state index contributed by atoms with van der Waals surface area (Å²) in [5.74, 6) is 2.86. The molecule has 0 amide bonds. The fourth-order valence-electron chi connectivity index (χ4n) is 3.61. The molecule has 1 aromatic carbocycles. The fraction of sp³-hybridized carbons (Fsp3) is 0.400. The minimum Gasteiger partial charge on any atom is -0.454 e. The van der Waals surface area contributed by atoms with Crippen LogP contribution in [-0.2, 0) is 12.3 Å². The van der Waals surface area contributed by atoms with Crippen LogP contribution in [0.2, 0.25) is 0 Å². The lowest BCUT2D eigenvalue weighted by molar-refractivity contribution is 0.174. The predicted octanol–water partition coefficient (Wildman–Crippen LogP) is 2.27. The number of aromatic nitrogens is 4. The number of anilines is 1. The number of rotatable bonds is 6. The monoisotopic (exact) mass is 458 g/mol. The second-order valence-electron chi connectivity index (χ2n) is 7.39. The van der Waals surface area contributed by atoms with Gasteiger partial charge in [-0.1, -0.05) is 29.2 Å². The van der Waals surface area contributed by atoms with E-state index in [0.29, 0.717) is 18.5 Å². The summed E-state index contributed by atoms with van der Waals surface area (Å²) < 4.78 is 11.7. The summed E-state index contributed by atoms with van der Waals surface area (Å²) >= 11 is 3.10. The first-order chi connectivity index (χ1) is 15.1. The van der Waals surface area contributed by atoms with Crippen molar-refractivity contribution in [1.29, 1.82) is 0 Å². The molecule has 9 nitrogen and oxygen atoms in total. The van der Waals surface area contributed by atoms with Gasteiger partial charge in [-0.15, -0.1) is 10.2 Å². The van der Waals surface area contributed by atoms with E-state index in [4.69, 9.17) is 9.47 Å². The van der Waals surface area contributed by atoms with Gasteiger partial charge in [-0.2, -0.15) is 0 Å². The Kier molecular flexibility index (Phi) is 5.79. The number of benzene rings is 1. The van der Waals surface area contributed by atoms with Gasteiger partial charge >= 0.3 is 0 Å². The topological polar surface area (TPSA) is 96.5 Å². The van der Waals surface area contributed by atoms with Crippen molar-refractivity contribution in [3.8, 4) is 11.5 Å². The normalized spacial score (nSPS) is 16.1. The van der Waals surface area contributed by atoms with Crippen molar-refractivity contribution in [3.63, 3.8) is 0 Å². The molecule has 4 heterocycles. The van der Waals surface area contributed by atoms with Crippen LogP contribution in [0, 0.1) is 6.92 Å². The Morgan fingerprint density at radius 2 is 1.97 bits per heavy atom. The molecule has 0 radical (unpaired) electrons. The smallest absolute Gasteiger partial charge is 0.252 e. The zero-order valence-electron chi connectivity index (χ0n) is 17.0. The van der Waals surface area contributed by atoms with E-state index in [1.54, 1.807) is 29.2 Å². The molecule has 3 aromatic rings. The van der Waals surface area contributed by atoms with Crippen LogP contribution in [0.15, 0.2) is 33.4 Å². The highest BCUT2D eigenvalue weighted by Gasteiger charge is 2.21. The summed E-state index contributed by atoms with van der Waals surface area (Å²) in [6.45, 7) is 6.46. The molecule has 11 heteroatoms. The molecule has 162 valence electrons. The third-order valence-electron chi connectivity index (χ3n) is 5.15. The zero-order chi connectivity index (χ0) is 21.2. The van der Waals surface area contributed by atoms with Gasteiger partial charge in [-0.05, 0) is 24.6 Å². The van der Waals surface area contributed by atoms with Gasteiger partial charge in [0, 0.05) is 44.5 Å². The highest BCUT2D eigenvalue weighted by Crippen LogP contribution is 2.33. The number of ether oxygens (including phenoxy) is 2. The molecule has 0 spiro atoms. The second kappa shape index (κ2) is 8.85. The van der Waals surface area contributed by atoms with E-state index in [1.807, 2.05) is 19.1 Å². The number of aromatic amines is 1. The van der Waals surface area contributed by atoms with Crippen molar-refractivity contribution in [2.45, 2.75) is 23.6 Å². The highest BCUT2D eigenvalue weighted by molar-refractivity contribution is 8.00. The molecular weight excluding hydrogens is 436 g/mol. The van der Waals surface area contributed by atoms with Crippen LogP contribution in [0.25, 0.3) is 0 Å². The lowest BCUT2D eigenvalue weighted by Gasteiger charge is -2.35. The number of nitrogens with one attached hydrogen (secondary N) is 1. The maximum absolute atomic E-state index is 12.2. The molecule has 0 saturated carbocycles. The third kappa shape index (κ3) is 4.83. The third-order valence-corrected chi connectivity index (χ3v) is 7.15. The minimum absolute atomic E-state index is 0.128. The number of hydrogen-bond donors (Lipinski definition) is 1. The van der Waals surface area contributed by atoms with Crippen LogP contribution < -0.4 is 19.9 Å². The number of nitrogens with zero attached hydrogens (tertiary/aromatic N) is 5. The summed E-state index contributed by atoms with van der Waals surface area (Å²) in [4.78, 5) is 24.3. The van der Waals surface area contributed by atoms with Gasteiger partial charge in [0.1, 0.15) is 5.01 Å². The zero-order valence-corrected chi connectivity index (χ0v) is 18.7. The SMILES string of the molecule is Cc1nnc(SCc2cc(=O)[nH]c(N3CCN(Cc4ccc5c(c4)OCO5)CC3)n2)s1. The fourth-order valence-corrected chi connectivity index (χ4v) is 5.31. The lowest BCUT2D eigenvalue weighted by atomic mass is 10.1. The summed E-state index contributed by atoms with van der Waals surface area (Å²) in [5, 5.41) is 9.07. The van der Waals surface area contributed by atoms with Gasteiger partial charge < -0.3 is 14.4 Å². The number of H-pyrrole nitrogens is 1.